The van der Waals surface area contributed by atoms with Crippen LogP contribution in [-0.4, -0.2) is 35.6 Å². The van der Waals surface area contributed by atoms with Crippen LogP contribution in [0, 0.1) is 0 Å². The molecule has 3 heterocycles. The van der Waals surface area contributed by atoms with Crippen LogP contribution in [0.4, 0.5) is 5.69 Å². The third-order valence-corrected chi connectivity index (χ3v) is 2.72. The second-order valence-electron chi connectivity index (χ2n) is 3.89. The predicted octanol–water partition coefficient (Wildman–Crippen LogP) is 1.36. The van der Waals surface area contributed by atoms with Crippen LogP contribution >= 0.6 is 11.6 Å². The van der Waals surface area contributed by atoms with Gasteiger partial charge in [0.1, 0.15) is 23.5 Å². The third kappa shape index (κ3) is 2.84. The summed E-state index contributed by atoms with van der Waals surface area (Å²) in [4.78, 5) is 27.9. The number of nitrogens with zero attached hydrogens (tertiary/aromatic N) is 6. The molecule has 0 aliphatic carbocycles. The molecule has 1 amide bonds. The lowest BCUT2D eigenvalue weighted by atomic mass is 10.3. The van der Waals surface area contributed by atoms with Gasteiger partial charge in [0.25, 0.3) is 5.91 Å². The average molecular weight is 302 g/mol. The summed E-state index contributed by atoms with van der Waals surface area (Å²) in [5.74, 6) is 0.0267. The molecule has 21 heavy (non-hydrogen) atoms. The first-order chi connectivity index (χ1) is 10.2. The minimum absolute atomic E-state index is 0.146. The van der Waals surface area contributed by atoms with E-state index < -0.39 is 5.91 Å². The fourth-order valence-corrected chi connectivity index (χ4v) is 1.71. The van der Waals surface area contributed by atoms with Gasteiger partial charge in [0.05, 0.1) is 18.1 Å². The highest BCUT2D eigenvalue weighted by molar-refractivity contribution is 6.29. The SMILES string of the molecule is O=C(Nc1cccnc1-n1cncn1)c1cnc(Cl)cn1. The van der Waals surface area contributed by atoms with Crippen LogP contribution in [0.2, 0.25) is 5.15 Å². The van der Waals surface area contributed by atoms with Crippen LogP contribution in [0.5, 0.6) is 0 Å². The van der Waals surface area contributed by atoms with E-state index in [1.807, 2.05) is 0 Å². The van der Waals surface area contributed by atoms with Crippen molar-refractivity contribution in [2.75, 3.05) is 5.32 Å². The number of hydrogen-bond acceptors (Lipinski definition) is 6. The second-order valence-corrected chi connectivity index (χ2v) is 4.28. The van der Waals surface area contributed by atoms with Crippen LogP contribution < -0.4 is 5.32 Å². The van der Waals surface area contributed by atoms with Crippen LogP contribution in [0.1, 0.15) is 10.5 Å². The van der Waals surface area contributed by atoms with E-state index in [1.54, 1.807) is 18.3 Å². The molecule has 0 radical (unpaired) electrons. The molecule has 1 N–H and O–H groups in total. The van der Waals surface area contributed by atoms with Gasteiger partial charge in [0.2, 0.25) is 0 Å². The molecule has 9 heteroatoms. The van der Waals surface area contributed by atoms with E-state index in [2.05, 4.69) is 30.4 Å². The summed E-state index contributed by atoms with van der Waals surface area (Å²) >= 11 is 5.64. The highest BCUT2D eigenvalue weighted by Gasteiger charge is 2.12. The lowest BCUT2D eigenvalue weighted by Crippen LogP contribution is -2.16. The smallest absolute Gasteiger partial charge is 0.275 e. The van der Waals surface area contributed by atoms with Gasteiger partial charge in [0.15, 0.2) is 5.82 Å². The van der Waals surface area contributed by atoms with E-state index in [0.717, 1.165) is 0 Å². The van der Waals surface area contributed by atoms with Crippen LogP contribution in [0.3, 0.4) is 0 Å². The normalized spacial score (nSPS) is 10.3. The Labute approximate surface area is 123 Å². The summed E-state index contributed by atoms with van der Waals surface area (Å²) in [5, 5.41) is 6.90. The minimum Gasteiger partial charge on any atom is -0.317 e. The lowest BCUT2D eigenvalue weighted by molar-refractivity contribution is 0.102. The molecule has 8 nitrogen and oxygen atoms in total. The van der Waals surface area contributed by atoms with Crippen molar-refractivity contribution in [1.29, 1.82) is 0 Å². The van der Waals surface area contributed by atoms with E-state index >= 15 is 0 Å². The van der Waals surface area contributed by atoms with E-state index in [9.17, 15) is 4.79 Å². The van der Waals surface area contributed by atoms with E-state index in [0.29, 0.717) is 11.5 Å². The summed E-state index contributed by atoms with van der Waals surface area (Å²) in [6.45, 7) is 0. The first-order valence-electron chi connectivity index (χ1n) is 5.83. The standard InChI is InChI=1S/C12H8ClN7O/c13-10-5-16-9(4-17-10)12(21)19-8-2-1-3-15-11(8)20-7-14-6-18-20/h1-7H,(H,19,21). The molecule has 3 aromatic rings. The van der Waals surface area contributed by atoms with Crippen molar-refractivity contribution < 1.29 is 4.79 Å². The van der Waals surface area contributed by atoms with Crippen molar-refractivity contribution in [2.45, 2.75) is 0 Å². The fourth-order valence-electron chi connectivity index (χ4n) is 1.61. The molecular formula is C12H8ClN7O. The number of rotatable bonds is 3. The van der Waals surface area contributed by atoms with Gasteiger partial charge >= 0.3 is 0 Å². The Bertz CT molecular complexity index is 758. The summed E-state index contributed by atoms with van der Waals surface area (Å²) in [6, 6.07) is 3.40. The molecule has 0 saturated carbocycles. The summed E-state index contributed by atoms with van der Waals surface area (Å²) in [7, 11) is 0. The molecule has 0 aliphatic rings. The maximum Gasteiger partial charge on any atom is 0.275 e. The van der Waals surface area contributed by atoms with Crippen molar-refractivity contribution in [3.63, 3.8) is 0 Å². The number of amides is 1. The van der Waals surface area contributed by atoms with Gasteiger partial charge in [0, 0.05) is 6.20 Å². The molecule has 3 rings (SSSR count). The Morgan fingerprint density at radius 2 is 2.14 bits per heavy atom. The number of carbonyl (C=O) groups excluding carboxylic acids is 1. The molecule has 0 aliphatic heterocycles. The van der Waals surface area contributed by atoms with Gasteiger partial charge in [-0.05, 0) is 12.1 Å². The number of pyridine rings is 1. The number of carbonyl (C=O) groups is 1. The third-order valence-electron chi connectivity index (χ3n) is 2.52. The Kier molecular flexibility index (Phi) is 3.52. The zero-order valence-corrected chi connectivity index (χ0v) is 11.3. The quantitative estimate of drug-likeness (QED) is 0.784. The molecule has 104 valence electrons. The van der Waals surface area contributed by atoms with Crippen molar-refractivity contribution in [3.05, 3.63) is 54.2 Å². The zero-order chi connectivity index (χ0) is 14.7. The molecule has 0 atom stereocenters. The Balaban J connectivity index is 1.88. The first kappa shape index (κ1) is 13.1. The number of halogens is 1. The molecule has 0 saturated heterocycles. The molecule has 0 unspecified atom stereocenters. The predicted molar refractivity (Wildman–Crippen MR) is 74.1 cm³/mol. The molecular weight excluding hydrogens is 294 g/mol. The maximum absolute atomic E-state index is 12.1. The second kappa shape index (κ2) is 5.63. The van der Waals surface area contributed by atoms with Gasteiger partial charge in [-0.25, -0.2) is 24.6 Å². The van der Waals surface area contributed by atoms with Crippen LogP contribution in [0.15, 0.2) is 43.4 Å². The van der Waals surface area contributed by atoms with Gasteiger partial charge in [-0.3, -0.25) is 4.79 Å². The van der Waals surface area contributed by atoms with Gasteiger partial charge < -0.3 is 5.32 Å². The zero-order valence-electron chi connectivity index (χ0n) is 10.5. The van der Waals surface area contributed by atoms with Gasteiger partial charge in [-0.2, -0.15) is 5.10 Å². The van der Waals surface area contributed by atoms with E-state index in [4.69, 9.17) is 11.6 Å². The van der Waals surface area contributed by atoms with Crippen LogP contribution in [-0.2, 0) is 0 Å². The lowest BCUT2D eigenvalue weighted by Gasteiger charge is -2.08. The van der Waals surface area contributed by atoms with Crippen molar-refractivity contribution in [1.82, 2.24) is 29.7 Å². The topological polar surface area (TPSA) is 98.5 Å². The molecule has 0 spiro atoms. The maximum atomic E-state index is 12.1. The summed E-state index contributed by atoms with van der Waals surface area (Å²) in [5.41, 5.74) is 0.623. The molecule has 0 bridgehead atoms. The largest absolute Gasteiger partial charge is 0.317 e. The highest BCUT2D eigenvalue weighted by Crippen LogP contribution is 2.16. The summed E-state index contributed by atoms with van der Waals surface area (Å²) < 4.78 is 1.45. The average Bonchev–Trinajstić information content (AvgIpc) is 3.02. The van der Waals surface area contributed by atoms with Crippen molar-refractivity contribution in [3.8, 4) is 5.82 Å². The van der Waals surface area contributed by atoms with E-state index in [1.165, 1.54) is 29.7 Å². The monoisotopic (exact) mass is 301 g/mol. The molecule has 0 fully saturated rings. The van der Waals surface area contributed by atoms with Gasteiger partial charge in [-0.1, -0.05) is 11.6 Å². The number of hydrogen-bond donors (Lipinski definition) is 1. The number of nitrogens with one attached hydrogen (secondary N) is 1. The van der Waals surface area contributed by atoms with Crippen molar-refractivity contribution in [2.24, 2.45) is 0 Å². The first-order valence-corrected chi connectivity index (χ1v) is 6.21. The molecule has 3 aromatic heterocycles. The van der Waals surface area contributed by atoms with Crippen molar-refractivity contribution >= 4 is 23.2 Å². The Morgan fingerprint density at radius 1 is 1.24 bits per heavy atom. The Hall–Kier alpha value is -2.87. The molecule has 0 aromatic carbocycles. The van der Waals surface area contributed by atoms with Gasteiger partial charge in [-0.15, -0.1) is 0 Å². The minimum atomic E-state index is -0.423. The van der Waals surface area contributed by atoms with E-state index in [-0.39, 0.29) is 10.8 Å². The highest BCUT2D eigenvalue weighted by atomic mass is 35.5. The number of anilines is 1. The van der Waals surface area contributed by atoms with Crippen LogP contribution in [0.25, 0.3) is 5.82 Å². The summed E-state index contributed by atoms with van der Waals surface area (Å²) in [6.07, 6.45) is 7.06. The number of aromatic nitrogens is 6. The fraction of sp³-hybridized carbons (Fsp3) is 0. The Morgan fingerprint density at radius 3 is 2.86 bits per heavy atom.